The number of nitrogens with zero attached hydrogens (tertiary/aromatic N) is 6. The molecule has 2 aromatic rings. The first kappa shape index (κ1) is 23.7. The summed E-state index contributed by atoms with van der Waals surface area (Å²) in [5.74, 6) is -0.419. The van der Waals surface area contributed by atoms with Crippen LogP contribution in [0.15, 0.2) is 30.6 Å². The van der Waals surface area contributed by atoms with Gasteiger partial charge in [0.15, 0.2) is 6.23 Å². The summed E-state index contributed by atoms with van der Waals surface area (Å²) in [5.41, 5.74) is 1.10. The van der Waals surface area contributed by atoms with E-state index < -0.39 is 18.1 Å². The summed E-state index contributed by atoms with van der Waals surface area (Å²) in [5, 5.41) is 0. The maximum Gasteiger partial charge on any atom is 0.416 e. The molecule has 34 heavy (non-hydrogen) atoms. The van der Waals surface area contributed by atoms with Crippen LogP contribution in [-0.4, -0.2) is 89.6 Å². The zero-order valence-electron chi connectivity index (χ0n) is 18.8. The highest BCUT2D eigenvalue weighted by molar-refractivity contribution is 6.27. The number of anilines is 2. The second-order valence-electron chi connectivity index (χ2n) is 8.02. The normalized spacial score (nSPS) is 18.2. The maximum atomic E-state index is 15.0. The zero-order chi connectivity index (χ0) is 24.4. The van der Waals surface area contributed by atoms with Gasteiger partial charge in [-0.15, -0.1) is 11.6 Å². The average molecular weight is 491 g/mol. The topological polar surface area (TPSA) is 99.2 Å². The number of halogens is 2. The fourth-order valence-corrected chi connectivity index (χ4v) is 4.00. The van der Waals surface area contributed by atoms with Crippen LogP contribution in [0.3, 0.4) is 0 Å². The van der Waals surface area contributed by atoms with Gasteiger partial charge >= 0.3 is 6.09 Å². The molecule has 2 aliphatic heterocycles. The van der Waals surface area contributed by atoms with Crippen molar-refractivity contribution in [3.8, 4) is 11.1 Å². The fraction of sp³-hybridized carbons (Fsp3) is 0.409. The number of hydrogen-bond acceptors (Lipinski definition) is 7. The van der Waals surface area contributed by atoms with Gasteiger partial charge in [-0.1, -0.05) is 0 Å². The summed E-state index contributed by atoms with van der Waals surface area (Å²) in [6.07, 6.45) is 1.70. The number of carbonyl (C=O) groups is 3. The van der Waals surface area contributed by atoms with Crippen molar-refractivity contribution < 1.29 is 23.5 Å². The predicted molar refractivity (Wildman–Crippen MR) is 123 cm³/mol. The number of amides is 3. The van der Waals surface area contributed by atoms with E-state index in [0.717, 1.165) is 0 Å². The number of rotatable bonds is 5. The monoisotopic (exact) mass is 490 g/mol. The van der Waals surface area contributed by atoms with Crippen LogP contribution in [-0.2, 0) is 14.3 Å². The van der Waals surface area contributed by atoms with Gasteiger partial charge < -0.3 is 19.4 Å². The highest BCUT2D eigenvalue weighted by Gasteiger charge is 2.36. The first-order valence-electron chi connectivity index (χ1n) is 10.7. The van der Waals surface area contributed by atoms with E-state index in [2.05, 4.69) is 9.97 Å². The molecule has 4 rings (SSSR count). The molecule has 2 fully saturated rings. The molecular formula is C22H24ClFN6O4. The molecule has 12 heteroatoms. The smallest absolute Gasteiger partial charge is 0.416 e. The van der Waals surface area contributed by atoms with E-state index in [1.165, 1.54) is 29.8 Å². The lowest BCUT2D eigenvalue weighted by Gasteiger charge is -2.34. The molecule has 3 amide bonds. The van der Waals surface area contributed by atoms with Crippen molar-refractivity contribution in [2.45, 2.75) is 13.2 Å². The lowest BCUT2D eigenvalue weighted by atomic mass is 10.1. The Morgan fingerprint density at radius 1 is 1.21 bits per heavy atom. The molecule has 0 saturated carbocycles. The summed E-state index contributed by atoms with van der Waals surface area (Å²) >= 11 is 5.61. The third-order valence-electron chi connectivity index (χ3n) is 5.97. The third kappa shape index (κ3) is 4.74. The first-order chi connectivity index (χ1) is 16.3. The molecule has 0 N–H and O–H groups in total. The molecule has 3 heterocycles. The number of alkyl halides is 1. The molecule has 0 unspecified atom stereocenters. The third-order valence-corrected chi connectivity index (χ3v) is 6.20. The molecule has 1 atom stereocenters. The molecule has 0 spiro atoms. The lowest BCUT2D eigenvalue weighted by molar-refractivity contribution is -0.134. The molecule has 2 saturated heterocycles. The second-order valence-corrected chi connectivity index (χ2v) is 8.28. The van der Waals surface area contributed by atoms with Gasteiger partial charge in [0.2, 0.25) is 17.8 Å². The molecular weight excluding hydrogens is 467 g/mol. The fourth-order valence-electron chi connectivity index (χ4n) is 3.83. The number of aromatic nitrogens is 2. The Hall–Kier alpha value is -3.47. The molecule has 2 aliphatic rings. The van der Waals surface area contributed by atoms with Gasteiger partial charge in [-0.2, -0.15) is 0 Å². The van der Waals surface area contributed by atoms with Gasteiger partial charge in [-0.25, -0.2) is 19.2 Å². The number of ether oxygens (including phenoxy) is 1. The van der Waals surface area contributed by atoms with Crippen molar-refractivity contribution in [2.24, 2.45) is 0 Å². The molecule has 1 aromatic heterocycles. The number of carbonyl (C=O) groups excluding carboxylic acids is 3. The molecule has 0 radical (unpaired) electrons. The molecule has 10 nitrogen and oxygen atoms in total. The quantitative estimate of drug-likeness (QED) is 0.590. The summed E-state index contributed by atoms with van der Waals surface area (Å²) in [7, 11) is 1.54. The largest absolute Gasteiger partial charge is 0.423 e. The number of benzene rings is 1. The van der Waals surface area contributed by atoms with Crippen molar-refractivity contribution in [3.63, 3.8) is 0 Å². The minimum Gasteiger partial charge on any atom is -0.423 e. The minimum atomic E-state index is -0.733. The number of likely N-dealkylation sites (N-methyl/N-ethyl adjacent to an activating group) is 1. The zero-order valence-corrected chi connectivity index (χ0v) is 19.5. The summed E-state index contributed by atoms with van der Waals surface area (Å²) in [4.78, 5) is 50.5. The van der Waals surface area contributed by atoms with Crippen LogP contribution in [0.25, 0.3) is 11.1 Å². The van der Waals surface area contributed by atoms with E-state index in [0.29, 0.717) is 43.4 Å². The van der Waals surface area contributed by atoms with Crippen LogP contribution in [0.2, 0.25) is 0 Å². The van der Waals surface area contributed by atoms with Crippen molar-refractivity contribution in [1.29, 1.82) is 0 Å². The predicted octanol–water partition coefficient (Wildman–Crippen LogP) is 1.93. The lowest BCUT2D eigenvalue weighted by Crippen LogP contribution is -2.49. The summed E-state index contributed by atoms with van der Waals surface area (Å²) in [6, 6.07) is 4.40. The van der Waals surface area contributed by atoms with E-state index in [1.807, 2.05) is 4.90 Å². The SMILES string of the molecule is CC(=O)N(C)[C@@H]1CN(c2ccc(-c3cnc(N4CCN(C(=O)CCl)CC4)nc3)c(F)c2)C(=O)O1. The van der Waals surface area contributed by atoms with Gasteiger partial charge in [0.05, 0.1) is 12.2 Å². The average Bonchev–Trinajstić information content (AvgIpc) is 3.24. The van der Waals surface area contributed by atoms with E-state index in [9.17, 15) is 18.8 Å². The highest BCUT2D eigenvalue weighted by Crippen LogP contribution is 2.29. The van der Waals surface area contributed by atoms with Crippen LogP contribution < -0.4 is 9.80 Å². The van der Waals surface area contributed by atoms with Gasteiger partial charge in [0, 0.05) is 63.7 Å². The number of piperazine rings is 1. The van der Waals surface area contributed by atoms with Crippen LogP contribution in [0.4, 0.5) is 20.8 Å². The first-order valence-corrected chi connectivity index (χ1v) is 11.2. The Morgan fingerprint density at radius 2 is 1.88 bits per heavy atom. The molecule has 1 aromatic carbocycles. The van der Waals surface area contributed by atoms with Crippen LogP contribution in [0, 0.1) is 5.82 Å². The Morgan fingerprint density at radius 3 is 2.47 bits per heavy atom. The number of cyclic esters (lactones) is 1. The summed E-state index contributed by atoms with van der Waals surface area (Å²) < 4.78 is 20.2. The van der Waals surface area contributed by atoms with E-state index in [1.54, 1.807) is 29.4 Å². The summed E-state index contributed by atoms with van der Waals surface area (Å²) in [6.45, 7) is 3.72. The Kier molecular flexibility index (Phi) is 6.82. The van der Waals surface area contributed by atoms with Gasteiger partial charge in [0.1, 0.15) is 11.7 Å². The van der Waals surface area contributed by atoms with E-state index in [4.69, 9.17) is 16.3 Å². The highest BCUT2D eigenvalue weighted by atomic mass is 35.5. The van der Waals surface area contributed by atoms with Crippen molar-refractivity contribution in [2.75, 3.05) is 55.5 Å². The maximum absolute atomic E-state index is 15.0. The Bertz CT molecular complexity index is 1090. The Labute approximate surface area is 200 Å². The molecule has 0 bridgehead atoms. The number of hydrogen-bond donors (Lipinski definition) is 0. The van der Waals surface area contributed by atoms with Crippen molar-refractivity contribution in [3.05, 3.63) is 36.4 Å². The molecule has 180 valence electrons. The van der Waals surface area contributed by atoms with Gasteiger partial charge in [-0.05, 0) is 18.2 Å². The Balaban J connectivity index is 1.44. The van der Waals surface area contributed by atoms with Gasteiger partial charge in [-0.3, -0.25) is 14.5 Å². The molecule has 0 aliphatic carbocycles. The van der Waals surface area contributed by atoms with Crippen molar-refractivity contribution >= 4 is 41.1 Å². The standard InChI is InChI=1S/C22H24ClFN6O4/c1-14(31)27(2)20-13-30(22(33)34-20)16-3-4-17(18(24)9-16)15-11-25-21(26-12-15)29-7-5-28(6-8-29)19(32)10-23/h3-4,9,11-12,20H,5-8,10,13H2,1-2H3/t20-/m0/s1. The van der Waals surface area contributed by atoms with Crippen LogP contribution >= 0.6 is 11.6 Å². The van der Waals surface area contributed by atoms with Crippen molar-refractivity contribution in [1.82, 2.24) is 19.8 Å². The van der Waals surface area contributed by atoms with E-state index in [-0.39, 0.29) is 29.8 Å². The minimum absolute atomic E-state index is 0.0372. The van der Waals surface area contributed by atoms with Crippen LogP contribution in [0.5, 0.6) is 0 Å². The van der Waals surface area contributed by atoms with E-state index >= 15 is 0 Å². The van der Waals surface area contributed by atoms with Gasteiger partial charge in [0.25, 0.3) is 0 Å². The second kappa shape index (κ2) is 9.80. The van der Waals surface area contributed by atoms with Crippen LogP contribution in [0.1, 0.15) is 6.92 Å².